The first kappa shape index (κ1) is 15.9. The second-order valence-corrected chi connectivity index (χ2v) is 7.84. The predicted octanol–water partition coefficient (Wildman–Crippen LogP) is 3.67. The first-order chi connectivity index (χ1) is 10.9. The van der Waals surface area contributed by atoms with Gasteiger partial charge in [-0.3, -0.25) is 0 Å². The molecule has 0 spiro atoms. The molecule has 1 aliphatic rings. The molecule has 8 heteroatoms. The lowest BCUT2D eigenvalue weighted by Gasteiger charge is -2.32. The summed E-state index contributed by atoms with van der Waals surface area (Å²) in [5.74, 6) is 0.400. The average molecular weight is 369 g/mol. The van der Waals surface area contributed by atoms with Gasteiger partial charge in [0.15, 0.2) is 0 Å². The summed E-state index contributed by atoms with van der Waals surface area (Å²) >= 11 is 5.93. The van der Waals surface area contributed by atoms with Crippen LogP contribution in [-0.4, -0.2) is 21.6 Å². The van der Waals surface area contributed by atoms with Crippen molar-refractivity contribution in [1.29, 1.82) is 5.26 Å². The van der Waals surface area contributed by atoms with Gasteiger partial charge < -0.3 is 9.64 Å². The minimum atomic E-state index is -3.83. The van der Waals surface area contributed by atoms with Crippen molar-refractivity contribution in [3.63, 3.8) is 0 Å². The van der Waals surface area contributed by atoms with Crippen LogP contribution < -0.4 is 9.64 Å². The lowest BCUT2D eigenvalue weighted by atomic mass is 10.1. The van der Waals surface area contributed by atoms with Gasteiger partial charge in [-0.15, -0.1) is 0 Å². The molecular weight excluding hydrogens is 359 g/mol. The third kappa shape index (κ3) is 3.08. The van der Waals surface area contributed by atoms with E-state index in [2.05, 4.69) is 6.07 Å². The number of ether oxygens (including phenoxy) is 1. The fourth-order valence-electron chi connectivity index (χ4n) is 2.44. The summed E-state index contributed by atoms with van der Waals surface area (Å²) in [6.07, 6.45) is 0. The highest BCUT2D eigenvalue weighted by atomic mass is 35.7. The third-order valence-electron chi connectivity index (χ3n) is 3.45. The van der Waals surface area contributed by atoms with Gasteiger partial charge in [-0.1, -0.05) is 11.6 Å². The van der Waals surface area contributed by atoms with Crippen molar-refractivity contribution < 1.29 is 13.2 Å². The maximum Gasteiger partial charge on any atom is 0.261 e. The van der Waals surface area contributed by atoms with E-state index in [4.69, 9.17) is 27.0 Å². The zero-order chi connectivity index (χ0) is 16.6. The van der Waals surface area contributed by atoms with E-state index in [1.54, 1.807) is 24.3 Å². The van der Waals surface area contributed by atoms with Gasteiger partial charge in [0, 0.05) is 21.8 Å². The topological polar surface area (TPSA) is 70.4 Å². The van der Waals surface area contributed by atoms with E-state index in [1.165, 1.54) is 12.1 Å². The van der Waals surface area contributed by atoms with Crippen molar-refractivity contribution in [1.82, 2.24) is 0 Å². The molecular formula is C15H10Cl2N2O3S. The van der Waals surface area contributed by atoms with Crippen LogP contribution in [0.2, 0.25) is 5.02 Å². The molecule has 0 bridgehead atoms. The number of hydrogen-bond donors (Lipinski definition) is 0. The van der Waals surface area contributed by atoms with Crippen LogP contribution in [0.25, 0.3) is 0 Å². The van der Waals surface area contributed by atoms with Crippen molar-refractivity contribution in [2.24, 2.45) is 0 Å². The lowest BCUT2D eigenvalue weighted by Crippen LogP contribution is -2.29. The summed E-state index contributed by atoms with van der Waals surface area (Å²) in [7, 11) is 1.53. The molecule has 1 heterocycles. The van der Waals surface area contributed by atoms with Crippen LogP contribution in [0.4, 0.5) is 11.4 Å². The van der Waals surface area contributed by atoms with Crippen LogP contribution in [0.15, 0.2) is 41.3 Å². The number of benzene rings is 2. The van der Waals surface area contributed by atoms with Gasteiger partial charge in [0.2, 0.25) is 0 Å². The highest BCUT2D eigenvalue weighted by molar-refractivity contribution is 8.13. The van der Waals surface area contributed by atoms with Gasteiger partial charge in [-0.2, -0.15) is 5.26 Å². The minimum Gasteiger partial charge on any atom is -0.489 e. The van der Waals surface area contributed by atoms with Gasteiger partial charge in [-0.25, -0.2) is 8.42 Å². The van der Waals surface area contributed by atoms with E-state index in [0.29, 0.717) is 40.9 Å². The average Bonchev–Trinajstić information content (AvgIpc) is 2.53. The molecule has 5 nitrogen and oxygen atoms in total. The monoisotopic (exact) mass is 368 g/mol. The Hall–Kier alpha value is -1.94. The summed E-state index contributed by atoms with van der Waals surface area (Å²) < 4.78 is 28.4. The predicted molar refractivity (Wildman–Crippen MR) is 88.1 cm³/mol. The molecule has 0 unspecified atom stereocenters. The van der Waals surface area contributed by atoms with E-state index in [-0.39, 0.29) is 4.90 Å². The third-order valence-corrected chi connectivity index (χ3v) is 5.03. The fraction of sp³-hybridized carbons (Fsp3) is 0.133. The summed E-state index contributed by atoms with van der Waals surface area (Å²) in [5.41, 5.74) is 1.78. The number of nitrogens with zero attached hydrogens (tertiary/aromatic N) is 2. The summed E-state index contributed by atoms with van der Waals surface area (Å²) in [5, 5.41) is 9.78. The Kier molecular flexibility index (Phi) is 4.11. The van der Waals surface area contributed by atoms with Crippen LogP contribution in [0, 0.1) is 11.3 Å². The molecule has 0 fully saturated rings. The zero-order valence-electron chi connectivity index (χ0n) is 11.7. The van der Waals surface area contributed by atoms with Crippen molar-refractivity contribution >= 4 is 42.7 Å². The smallest absolute Gasteiger partial charge is 0.261 e. The highest BCUT2D eigenvalue weighted by Crippen LogP contribution is 2.40. The van der Waals surface area contributed by atoms with E-state index in [1.807, 2.05) is 4.90 Å². The summed E-state index contributed by atoms with van der Waals surface area (Å²) in [6.45, 7) is 0.878. The van der Waals surface area contributed by atoms with Crippen molar-refractivity contribution in [2.45, 2.75) is 4.90 Å². The molecule has 23 heavy (non-hydrogen) atoms. The zero-order valence-corrected chi connectivity index (χ0v) is 14.0. The Morgan fingerprint density at radius 3 is 2.61 bits per heavy atom. The SMILES string of the molecule is N#Cc1cc(Cl)ccc1N1CCOc2cc(S(=O)(=O)Cl)ccc21. The molecule has 0 radical (unpaired) electrons. The molecule has 0 saturated heterocycles. The van der Waals surface area contributed by atoms with Crippen molar-refractivity contribution in [3.8, 4) is 11.8 Å². The standard InChI is InChI=1S/C15H10Cl2N2O3S/c16-11-1-3-13(10(7-11)9-18)19-5-6-22-15-8-12(23(17,20)21)2-4-14(15)19/h1-4,7-8H,5-6H2. The number of nitriles is 1. The first-order valence-electron chi connectivity index (χ1n) is 6.59. The van der Waals surface area contributed by atoms with Gasteiger partial charge in [0.25, 0.3) is 9.05 Å². The number of hydrogen-bond acceptors (Lipinski definition) is 5. The van der Waals surface area contributed by atoms with E-state index >= 15 is 0 Å². The molecule has 1 aliphatic heterocycles. The van der Waals surface area contributed by atoms with Crippen LogP contribution in [0.3, 0.4) is 0 Å². The van der Waals surface area contributed by atoms with Gasteiger partial charge in [-0.05, 0) is 30.3 Å². The van der Waals surface area contributed by atoms with Crippen LogP contribution in [0.1, 0.15) is 5.56 Å². The Balaban J connectivity index is 2.12. The van der Waals surface area contributed by atoms with Gasteiger partial charge in [0.05, 0.1) is 28.4 Å². The number of anilines is 2. The van der Waals surface area contributed by atoms with E-state index in [9.17, 15) is 13.7 Å². The molecule has 0 atom stereocenters. The number of fused-ring (bicyclic) bond motifs is 1. The molecule has 0 amide bonds. The Morgan fingerprint density at radius 2 is 1.91 bits per heavy atom. The molecule has 2 aromatic rings. The van der Waals surface area contributed by atoms with Gasteiger partial charge in [0.1, 0.15) is 18.4 Å². The van der Waals surface area contributed by atoms with Gasteiger partial charge >= 0.3 is 0 Å². The van der Waals surface area contributed by atoms with E-state index < -0.39 is 9.05 Å². The largest absolute Gasteiger partial charge is 0.489 e. The molecule has 2 aromatic carbocycles. The second kappa shape index (κ2) is 5.93. The minimum absolute atomic E-state index is 0.0311. The first-order valence-corrected chi connectivity index (χ1v) is 9.27. The summed E-state index contributed by atoms with van der Waals surface area (Å²) in [4.78, 5) is 1.86. The maximum atomic E-state index is 11.4. The van der Waals surface area contributed by atoms with Crippen LogP contribution >= 0.6 is 22.3 Å². The Labute approximate surface area is 143 Å². The lowest BCUT2D eigenvalue weighted by molar-refractivity contribution is 0.313. The Morgan fingerprint density at radius 1 is 1.17 bits per heavy atom. The van der Waals surface area contributed by atoms with Crippen molar-refractivity contribution in [2.75, 3.05) is 18.1 Å². The molecule has 0 aromatic heterocycles. The quantitative estimate of drug-likeness (QED) is 0.756. The Bertz CT molecular complexity index is 923. The second-order valence-electron chi connectivity index (χ2n) is 4.84. The molecule has 118 valence electrons. The molecule has 0 N–H and O–H groups in total. The number of halogens is 2. The van der Waals surface area contributed by atoms with E-state index in [0.717, 1.165) is 0 Å². The number of rotatable bonds is 2. The van der Waals surface area contributed by atoms with Crippen LogP contribution in [-0.2, 0) is 9.05 Å². The van der Waals surface area contributed by atoms with Crippen LogP contribution in [0.5, 0.6) is 5.75 Å². The fourth-order valence-corrected chi connectivity index (χ4v) is 3.37. The molecule has 0 aliphatic carbocycles. The van der Waals surface area contributed by atoms with Crippen molar-refractivity contribution in [3.05, 3.63) is 47.0 Å². The normalized spacial score (nSPS) is 13.9. The molecule has 3 rings (SSSR count). The molecule has 0 saturated carbocycles. The summed E-state index contributed by atoms with van der Waals surface area (Å²) in [6, 6.07) is 11.6. The maximum absolute atomic E-state index is 11.4. The highest BCUT2D eigenvalue weighted by Gasteiger charge is 2.24.